The highest BCUT2D eigenvalue weighted by atomic mass is 35.5. The van der Waals surface area contributed by atoms with Gasteiger partial charge < -0.3 is 10.6 Å². The topological polar surface area (TPSA) is 55.0 Å². The van der Waals surface area contributed by atoms with Crippen molar-refractivity contribution in [2.45, 2.75) is 27.2 Å². The van der Waals surface area contributed by atoms with Crippen LogP contribution in [0, 0.1) is 5.41 Å². The Kier molecular flexibility index (Phi) is 5.15. The van der Waals surface area contributed by atoms with Crippen molar-refractivity contribution >= 4 is 17.4 Å². The summed E-state index contributed by atoms with van der Waals surface area (Å²) in [5, 5.41) is 8.42. The van der Waals surface area contributed by atoms with Gasteiger partial charge in [-0.3, -0.25) is 0 Å². The van der Waals surface area contributed by atoms with Crippen molar-refractivity contribution < 1.29 is 0 Å². The van der Waals surface area contributed by atoms with E-state index in [1.54, 1.807) is 6.07 Å². The van der Waals surface area contributed by atoms with Crippen LogP contribution in [0.25, 0.3) is 0 Å². The van der Waals surface area contributed by atoms with Gasteiger partial charge in [-0.15, -0.1) is 10.2 Å². The largest absolute Gasteiger partial charge is 0.355 e. The van der Waals surface area contributed by atoms with Crippen molar-refractivity contribution in [1.82, 2.24) is 10.2 Å². The van der Waals surface area contributed by atoms with Gasteiger partial charge in [-0.05, 0) is 30.5 Å². The van der Waals surface area contributed by atoms with Crippen LogP contribution in [-0.2, 0) is 0 Å². The first kappa shape index (κ1) is 14.2. The lowest BCUT2D eigenvalue weighted by atomic mass is 9.93. The van der Waals surface area contributed by atoms with Gasteiger partial charge in [-0.1, -0.05) is 32.4 Å². The Labute approximate surface area is 108 Å². The molecule has 0 unspecified atom stereocenters. The van der Waals surface area contributed by atoms with Gasteiger partial charge in [0.05, 0.1) is 0 Å². The van der Waals surface area contributed by atoms with Crippen LogP contribution in [0.4, 0.5) is 5.82 Å². The molecule has 0 saturated heterocycles. The Hall–Kier alpha value is -0.870. The molecule has 0 atom stereocenters. The molecular weight excluding hydrogens is 236 g/mol. The summed E-state index contributed by atoms with van der Waals surface area (Å²) in [5.74, 6) is 0.859. The van der Waals surface area contributed by atoms with Gasteiger partial charge in [0.25, 0.3) is 0 Å². The zero-order valence-electron chi connectivity index (χ0n) is 10.8. The van der Waals surface area contributed by atoms with Crippen LogP contribution in [0.2, 0.25) is 5.15 Å². The Morgan fingerprint density at radius 1 is 1.35 bits per heavy atom. The minimum atomic E-state index is 0.0660. The highest BCUT2D eigenvalue weighted by molar-refractivity contribution is 6.29. The van der Waals surface area contributed by atoms with E-state index >= 15 is 0 Å². The van der Waals surface area contributed by atoms with E-state index in [0.29, 0.717) is 11.7 Å². The van der Waals surface area contributed by atoms with E-state index in [9.17, 15) is 0 Å². The van der Waals surface area contributed by atoms with E-state index in [1.807, 2.05) is 6.07 Å². The molecule has 4 nitrogen and oxygen atoms in total. The lowest BCUT2D eigenvalue weighted by Crippen LogP contribution is -2.39. The van der Waals surface area contributed by atoms with Crippen LogP contribution < -0.4 is 10.6 Å². The molecule has 1 aromatic rings. The number of aromatic nitrogens is 2. The van der Waals surface area contributed by atoms with Crippen molar-refractivity contribution in [1.29, 1.82) is 0 Å². The zero-order valence-corrected chi connectivity index (χ0v) is 11.5. The summed E-state index contributed by atoms with van der Waals surface area (Å²) in [6.07, 6.45) is 1.06. The van der Waals surface area contributed by atoms with Gasteiger partial charge >= 0.3 is 0 Å². The molecule has 0 spiro atoms. The fraction of sp³-hybridized carbons (Fsp3) is 0.667. The van der Waals surface area contributed by atoms with E-state index in [1.165, 1.54) is 0 Å². The second-order valence-corrected chi connectivity index (χ2v) is 5.39. The molecule has 0 bridgehead atoms. The van der Waals surface area contributed by atoms with E-state index in [-0.39, 0.29) is 5.41 Å². The number of hydrogen-bond donors (Lipinski definition) is 1. The Balaban J connectivity index is 2.81. The molecule has 1 rings (SSSR count). The fourth-order valence-corrected chi connectivity index (χ4v) is 1.70. The summed E-state index contributed by atoms with van der Waals surface area (Å²) in [6, 6.07) is 3.67. The van der Waals surface area contributed by atoms with Crippen LogP contribution in [0.1, 0.15) is 27.2 Å². The minimum Gasteiger partial charge on any atom is -0.355 e. The summed E-state index contributed by atoms with van der Waals surface area (Å²) in [5.41, 5.74) is 5.84. The van der Waals surface area contributed by atoms with Gasteiger partial charge in [-0.25, -0.2) is 0 Å². The Morgan fingerprint density at radius 2 is 2.06 bits per heavy atom. The van der Waals surface area contributed by atoms with Gasteiger partial charge in [0.1, 0.15) is 0 Å². The van der Waals surface area contributed by atoms with Gasteiger partial charge in [0, 0.05) is 13.1 Å². The normalized spacial score (nSPS) is 11.6. The number of halogens is 1. The third kappa shape index (κ3) is 4.48. The quantitative estimate of drug-likeness (QED) is 0.849. The molecule has 0 aliphatic carbocycles. The highest BCUT2D eigenvalue weighted by Crippen LogP contribution is 2.20. The molecule has 0 radical (unpaired) electrons. The molecule has 0 saturated carbocycles. The van der Waals surface area contributed by atoms with Crippen molar-refractivity contribution in [2.24, 2.45) is 11.1 Å². The van der Waals surface area contributed by atoms with Crippen molar-refractivity contribution in [2.75, 3.05) is 24.5 Å². The number of anilines is 1. The molecule has 1 heterocycles. The predicted octanol–water partition coefficient (Wildman–Crippen LogP) is 2.33. The molecule has 0 aromatic carbocycles. The van der Waals surface area contributed by atoms with Crippen LogP contribution in [0.3, 0.4) is 0 Å². The maximum absolute atomic E-state index is 5.77. The summed E-state index contributed by atoms with van der Waals surface area (Å²) < 4.78 is 0. The van der Waals surface area contributed by atoms with E-state index in [2.05, 4.69) is 35.9 Å². The number of hydrogen-bond acceptors (Lipinski definition) is 4. The van der Waals surface area contributed by atoms with Crippen LogP contribution in [0.15, 0.2) is 12.1 Å². The summed E-state index contributed by atoms with van der Waals surface area (Å²) in [7, 11) is 0. The van der Waals surface area contributed by atoms with E-state index in [0.717, 1.165) is 25.3 Å². The molecular formula is C12H21ClN4. The molecule has 0 aliphatic rings. The van der Waals surface area contributed by atoms with Gasteiger partial charge in [-0.2, -0.15) is 0 Å². The molecule has 0 aliphatic heterocycles. The standard InChI is InChI=1S/C12H21ClN4/c1-4-7-17(9-12(2,3)8-14)11-6-5-10(13)15-16-11/h5-6H,4,7-9,14H2,1-3H3. The lowest BCUT2D eigenvalue weighted by molar-refractivity contribution is 0.376. The first-order chi connectivity index (χ1) is 7.98. The number of rotatable bonds is 6. The van der Waals surface area contributed by atoms with Gasteiger partial charge in [0.2, 0.25) is 0 Å². The maximum atomic E-state index is 5.77. The predicted molar refractivity (Wildman–Crippen MR) is 72.4 cm³/mol. The number of nitrogens with two attached hydrogens (primary N) is 1. The molecule has 2 N–H and O–H groups in total. The third-order valence-electron chi connectivity index (χ3n) is 2.61. The molecule has 17 heavy (non-hydrogen) atoms. The first-order valence-corrected chi connectivity index (χ1v) is 6.30. The Morgan fingerprint density at radius 3 is 2.53 bits per heavy atom. The second-order valence-electron chi connectivity index (χ2n) is 5.00. The van der Waals surface area contributed by atoms with Crippen LogP contribution in [-0.4, -0.2) is 29.8 Å². The van der Waals surface area contributed by atoms with Gasteiger partial charge in [0.15, 0.2) is 11.0 Å². The highest BCUT2D eigenvalue weighted by Gasteiger charge is 2.20. The zero-order chi connectivity index (χ0) is 12.9. The molecule has 0 amide bonds. The molecule has 96 valence electrons. The first-order valence-electron chi connectivity index (χ1n) is 5.93. The van der Waals surface area contributed by atoms with Crippen LogP contribution in [0.5, 0.6) is 0 Å². The summed E-state index contributed by atoms with van der Waals surface area (Å²) >= 11 is 5.74. The monoisotopic (exact) mass is 256 g/mol. The average molecular weight is 257 g/mol. The van der Waals surface area contributed by atoms with Crippen molar-refractivity contribution in [3.8, 4) is 0 Å². The second kappa shape index (κ2) is 6.17. The van der Waals surface area contributed by atoms with E-state index < -0.39 is 0 Å². The minimum absolute atomic E-state index is 0.0660. The summed E-state index contributed by atoms with van der Waals surface area (Å²) in [4.78, 5) is 2.20. The van der Waals surface area contributed by atoms with Crippen LogP contribution >= 0.6 is 11.6 Å². The molecule has 0 fully saturated rings. The summed E-state index contributed by atoms with van der Waals surface area (Å²) in [6.45, 7) is 8.91. The van der Waals surface area contributed by atoms with Crippen molar-refractivity contribution in [3.63, 3.8) is 0 Å². The fourth-order valence-electron chi connectivity index (χ4n) is 1.60. The van der Waals surface area contributed by atoms with Crippen molar-refractivity contribution in [3.05, 3.63) is 17.3 Å². The SMILES string of the molecule is CCCN(CC(C)(C)CN)c1ccc(Cl)nn1. The van der Waals surface area contributed by atoms with E-state index in [4.69, 9.17) is 17.3 Å². The maximum Gasteiger partial charge on any atom is 0.151 e. The average Bonchev–Trinajstić information content (AvgIpc) is 2.29. The number of nitrogens with zero attached hydrogens (tertiary/aromatic N) is 3. The Bertz CT molecular complexity index is 337. The molecule has 5 heteroatoms. The smallest absolute Gasteiger partial charge is 0.151 e. The molecule has 1 aromatic heterocycles. The third-order valence-corrected chi connectivity index (χ3v) is 2.81. The lowest BCUT2D eigenvalue weighted by Gasteiger charge is -2.32.